The number of nitrogens with zero attached hydrogens (tertiary/aromatic N) is 2. The van der Waals surface area contributed by atoms with Crippen LogP contribution in [-0.2, 0) is 0 Å². The van der Waals surface area contributed by atoms with Crippen LogP contribution >= 0.6 is 0 Å². The van der Waals surface area contributed by atoms with E-state index in [1.807, 2.05) is 0 Å². The van der Waals surface area contributed by atoms with Gasteiger partial charge in [0.15, 0.2) is 5.82 Å². The van der Waals surface area contributed by atoms with Gasteiger partial charge in [0.05, 0.1) is 5.92 Å². The molecule has 4 heteroatoms. The Balaban J connectivity index is 2.02. The van der Waals surface area contributed by atoms with Gasteiger partial charge in [-0.1, -0.05) is 25.9 Å². The normalized spacial score (nSPS) is 22.0. The maximum atomic E-state index is 5.71. The van der Waals surface area contributed by atoms with Gasteiger partial charge in [-0.05, 0) is 37.5 Å². The van der Waals surface area contributed by atoms with Crippen LogP contribution in [0, 0.1) is 5.41 Å². The number of aromatic nitrogens is 2. The predicted octanol–water partition coefficient (Wildman–Crippen LogP) is 3.21. The van der Waals surface area contributed by atoms with Gasteiger partial charge in [0.25, 0.3) is 0 Å². The van der Waals surface area contributed by atoms with Gasteiger partial charge in [-0.25, -0.2) is 0 Å². The van der Waals surface area contributed by atoms with Crippen LogP contribution in [0.5, 0.6) is 0 Å². The minimum absolute atomic E-state index is 0.214. The highest BCUT2D eigenvalue weighted by atomic mass is 16.5. The second kappa shape index (κ2) is 5.39. The van der Waals surface area contributed by atoms with Crippen LogP contribution in [0.25, 0.3) is 0 Å². The summed E-state index contributed by atoms with van der Waals surface area (Å²) in [5, 5.41) is 4.16. The lowest BCUT2D eigenvalue weighted by Gasteiger charge is -2.32. The van der Waals surface area contributed by atoms with Crippen molar-refractivity contribution in [1.82, 2.24) is 10.1 Å². The van der Waals surface area contributed by atoms with E-state index in [0.717, 1.165) is 18.1 Å². The highest BCUT2D eigenvalue weighted by molar-refractivity contribution is 5.01. The van der Waals surface area contributed by atoms with Crippen LogP contribution in [-0.4, -0.2) is 16.7 Å². The quantitative estimate of drug-likeness (QED) is 0.892. The highest BCUT2D eigenvalue weighted by Gasteiger charge is 2.30. The molecule has 1 saturated carbocycles. The van der Waals surface area contributed by atoms with Gasteiger partial charge in [0.2, 0.25) is 5.89 Å². The standard InChI is InChI=1S/C14H25N3O/c1-4-10(9-15)13-16-12(17-18-13)11-5-7-14(2,3)8-6-11/h10-11H,4-9,15H2,1-3H3. The summed E-state index contributed by atoms with van der Waals surface area (Å²) in [6, 6.07) is 0. The van der Waals surface area contributed by atoms with Crippen molar-refractivity contribution in [3.8, 4) is 0 Å². The number of nitrogens with two attached hydrogens (primary N) is 1. The van der Waals surface area contributed by atoms with Crippen molar-refractivity contribution in [1.29, 1.82) is 0 Å². The molecule has 1 aliphatic rings. The van der Waals surface area contributed by atoms with Crippen LogP contribution < -0.4 is 5.73 Å². The monoisotopic (exact) mass is 251 g/mol. The minimum atomic E-state index is 0.214. The predicted molar refractivity (Wildman–Crippen MR) is 71.4 cm³/mol. The molecule has 2 N–H and O–H groups in total. The first-order valence-corrected chi connectivity index (χ1v) is 7.09. The summed E-state index contributed by atoms with van der Waals surface area (Å²) in [6.45, 7) is 7.36. The van der Waals surface area contributed by atoms with Gasteiger partial charge in [0, 0.05) is 12.5 Å². The molecule has 102 valence electrons. The minimum Gasteiger partial charge on any atom is -0.339 e. The van der Waals surface area contributed by atoms with Gasteiger partial charge < -0.3 is 10.3 Å². The van der Waals surface area contributed by atoms with Crippen molar-refractivity contribution in [2.24, 2.45) is 11.1 Å². The summed E-state index contributed by atoms with van der Waals surface area (Å²) in [7, 11) is 0. The highest BCUT2D eigenvalue weighted by Crippen LogP contribution is 2.41. The molecule has 0 radical (unpaired) electrons. The fraction of sp³-hybridized carbons (Fsp3) is 0.857. The molecule has 0 bridgehead atoms. The van der Waals surface area contributed by atoms with E-state index in [1.54, 1.807) is 0 Å². The van der Waals surface area contributed by atoms with Crippen LogP contribution in [0.3, 0.4) is 0 Å². The van der Waals surface area contributed by atoms with E-state index in [-0.39, 0.29) is 5.92 Å². The van der Waals surface area contributed by atoms with Gasteiger partial charge in [-0.3, -0.25) is 0 Å². The zero-order chi connectivity index (χ0) is 13.2. The molecule has 1 atom stereocenters. The molecule has 0 aromatic carbocycles. The number of rotatable bonds is 4. The van der Waals surface area contributed by atoms with Gasteiger partial charge >= 0.3 is 0 Å². The molecular weight excluding hydrogens is 226 g/mol. The smallest absolute Gasteiger partial charge is 0.231 e. The Morgan fingerprint density at radius 1 is 1.39 bits per heavy atom. The van der Waals surface area contributed by atoms with Crippen molar-refractivity contribution >= 4 is 0 Å². The summed E-state index contributed by atoms with van der Waals surface area (Å²) in [5.41, 5.74) is 6.19. The second-order valence-corrected chi connectivity index (χ2v) is 6.27. The van der Waals surface area contributed by atoms with E-state index in [9.17, 15) is 0 Å². The molecule has 1 heterocycles. The molecule has 1 aliphatic carbocycles. The second-order valence-electron chi connectivity index (χ2n) is 6.27. The average Bonchev–Trinajstić information content (AvgIpc) is 2.80. The Kier molecular flexibility index (Phi) is 4.05. The average molecular weight is 251 g/mol. The number of hydrogen-bond acceptors (Lipinski definition) is 4. The van der Waals surface area contributed by atoms with Gasteiger partial charge in [-0.15, -0.1) is 0 Å². The molecule has 1 unspecified atom stereocenters. The summed E-state index contributed by atoms with van der Waals surface area (Å²) in [5.74, 6) is 2.31. The first kappa shape index (κ1) is 13.5. The summed E-state index contributed by atoms with van der Waals surface area (Å²) >= 11 is 0. The summed E-state index contributed by atoms with van der Waals surface area (Å²) < 4.78 is 5.37. The topological polar surface area (TPSA) is 64.9 Å². The van der Waals surface area contributed by atoms with Crippen LogP contribution in [0.1, 0.15) is 76.4 Å². The first-order chi connectivity index (χ1) is 8.55. The maximum Gasteiger partial charge on any atom is 0.231 e. The lowest BCUT2D eigenvalue weighted by atomic mass is 9.73. The van der Waals surface area contributed by atoms with Gasteiger partial charge in [-0.2, -0.15) is 4.98 Å². The molecule has 1 fully saturated rings. The first-order valence-electron chi connectivity index (χ1n) is 7.09. The molecule has 0 saturated heterocycles. The number of hydrogen-bond donors (Lipinski definition) is 1. The van der Waals surface area contributed by atoms with Crippen molar-refractivity contribution in [3.63, 3.8) is 0 Å². The van der Waals surface area contributed by atoms with E-state index >= 15 is 0 Å². The molecule has 1 aromatic heterocycles. The van der Waals surface area contributed by atoms with Crippen LogP contribution in [0.2, 0.25) is 0 Å². The zero-order valence-electron chi connectivity index (χ0n) is 11.8. The largest absolute Gasteiger partial charge is 0.339 e. The van der Waals surface area contributed by atoms with E-state index in [0.29, 0.717) is 17.9 Å². The summed E-state index contributed by atoms with van der Waals surface area (Å²) in [4.78, 5) is 4.57. The molecule has 18 heavy (non-hydrogen) atoms. The third-order valence-electron chi connectivity index (χ3n) is 4.29. The maximum absolute atomic E-state index is 5.71. The van der Waals surface area contributed by atoms with Crippen LogP contribution in [0.15, 0.2) is 4.52 Å². The molecule has 0 aliphatic heterocycles. The molecule has 0 spiro atoms. The molecule has 4 nitrogen and oxygen atoms in total. The van der Waals surface area contributed by atoms with Gasteiger partial charge in [0.1, 0.15) is 0 Å². The van der Waals surface area contributed by atoms with Crippen molar-refractivity contribution in [2.75, 3.05) is 6.54 Å². The lowest BCUT2D eigenvalue weighted by Crippen LogP contribution is -2.20. The molecule has 1 aromatic rings. The fourth-order valence-corrected chi connectivity index (χ4v) is 2.68. The fourth-order valence-electron chi connectivity index (χ4n) is 2.68. The SMILES string of the molecule is CCC(CN)c1nc(C2CCC(C)(C)CC2)no1. The Bertz CT molecular complexity index is 372. The third kappa shape index (κ3) is 2.91. The Morgan fingerprint density at radius 3 is 2.61 bits per heavy atom. The van der Waals surface area contributed by atoms with Crippen LogP contribution in [0.4, 0.5) is 0 Å². The Hall–Kier alpha value is -0.900. The Labute approximate surface area is 109 Å². The van der Waals surface area contributed by atoms with E-state index in [2.05, 4.69) is 30.9 Å². The Morgan fingerprint density at radius 2 is 2.06 bits per heavy atom. The van der Waals surface area contributed by atoms with E-state index in [4.69, 9.17) is 10.3 Å². The van der Waals surface area contributed by atoms with E-state index < -0.39 is 0 Å². The lowest BCUT2D eigenvalue weighted by molar-refractivity contribution is 0.218. The molecule has 2 rings (SSSR count). The third-order valence-corrected chi connectivity index (χ3v) is 4.29. The molecular formula is C14H25N3O. The van der Waals surface area contributed by atoms with Crippen molar-refractivity contribution < 1.29 is 4.52 Å². The van der Waals surface area contributed by atoms with Crippen molar-refractivity contribution in [3.05, 3.63) is 11.7 Å². The zero-order valence-corrected chi connectivity index (χ0v) is 11.8. The molecule has 0 amide bonds. The van der Waals surface area contributed by atoms with E-state index in [1.165, 1.54) is 25.7 Å². The summed E-state index contributed by atoms with van der Waals surface area (Å²) in [6.07, 6.45) is 5.79. The van der Waals surface area contributed by atoms with Crippen molar-refractivity contribution in [2.45, 2.75) is 64.7 Å².